The lowest BCUT2D eigenvalue weighted by molar-refractivity contribution is 0.471. The van der Waals surface area contributed by atoms with Crippen molar-refractivity contribution in [3.05, 3.63) is 47.7 Å². The van der Waals surface area contributed by atoms with Gasteiger partial charge in [0.05, 0.1) is 17.5 Å². The average Bonchev–Trinajstić information content (AvgIpc) is 2.39. The van der Waals surface area contributed by atoms with Gasteiger partial charge in [0.2, 0.25) is 0 Å². The maximum atomic E-state index is 9.41. The Labute approximate surface area is 106 Å². The summed E-state index contributed by atoms with van der Waals surface area (Å²) in [6, 6.07) is 11.6. The standard InChI is InChI=1S/C15H14N2O/c1-10(2)11-3-5-12(6-4-11)14-7-13(8-16)15(18)9-17-14/h3-7,9-10,18H,1-2H3. The van der Waals surface area contributed by atoms with E-state index in [1.165, 1.54) is 11.8 Å². The Kier molecular flexibility index (Phi) is 3.29. The molecule has 2 aromatic rings. The normalized spacial score (nSPS) is 10.3. The zero-order chi connectivity index (χ0) is 13.1. The third-order valence-corrected chi connectivity index (χ3v) is 2.88. The van der Waals surface area contributed by atoms with Crippen LogP contribution in [0.1, 0.15) is 30.9 Å². The highest BCUT2D eigenvalue weighted by atomic mass is 16.3. The second-order valence-electron chi connectivity index (χ2n) is 4.48. The van der Waals surface area contributed by atoms with E-state index in [-0.39, 0.29) is 11.3 Å². The van der Waals surface area contributed by atoms with E-state index in [1.54, 1.807) is 6.07 Å². The summed E-state index contributed by atoms with van der Waals surface area (Å²) in [4.78, 5) is 4.13. The minimum Gasteiger partial charge on any atom is -0.505 e. The van der Waals surface area contributed by atoms with Crippen LogP contribution in [0.2, 0.25) is 0 Å². The highest BCUT2D eigenvalue weighted by Crippen LogP contribution is 2.24. The molecule has 3 heteroatoms. The molecule has 0 fully saturated rings. The van der Waals surface area contributed by atoms with Crippen LogP contribution in [0.25, 0.3) is 11.3 Å². The second kappa shape index (κ2) is 4.89. The molecule has 0 unspecified atom stereocenters. The molecule has 1 aromatic carbocycles. The Balaban J connectivity index is 2.40. The molecular formula is C15H14N2O. The Bertz CT molecular complexity index is 595. The lowest BCUT2D eigenvalue weighted by Gasteiger charge is -2.07. The molecule has 0 saturated heterocycles. The summed E-state index contributed by atoms with van der Waals surface area (Å²) in [6.07, 6.45) is 1.31. The van der Waals surface area contributed by atoms with Gasteiger partial charge in [-0.1, -0.05) is 38.1 Å². The number of nitriles is 1. The minimum atomic E-state index is -0.0833. The zero-order valence-electron chi connectivity index (χ0n) is 10.4. The van der Waals surface area contributed by atoms with E-state index in [4.69, 9.17) is 5.26 Å². The zero-order valence-corrected chi connectivity index (χ0v) is 10.4. The summed E-state index contributed by atoms with van der Waals surface area (Å²) in [5, 5.41) is 18.3. The molecule has 0 radical (unpaired) electrons. The summed E-state index contributed by atoms with van der Waals surface area (Å²) in [5.41, 5.74) is 3.14. The predicted octanol–water partition coefficient (Wildman–Crippen LogP) is 3.45. The van der Waals surface area contributed by atoms with Crippen molar-refractivity contribution in [3.63, 3.8) is 0 Å². The quantitative estimate of drug-likeness (QED) is 0.871. The molecule has 0 aliphatic carbocycles. The van der Waals surface area contributed by atoms with Crippen molar-refractivity contribution in [1.82, 2.24) is 4.98 Å². The van der Waals surface area contributed by atoms with E-state index in [2.05, 4.69) is 31.0 Å². The van der Waals surface area contributed by atoms with Crippen LogP contribution < -0.4 is 0 Å². The molecule has 90 valence electrons. The van der Waals surface area contributed by atoms with Crippen molar-refractivity contribution in [2.24, 2.45) is 0 Å². The first-order valence-corrected chi connectivity index (χ1v) is 5.81. The fourth-order valence-corrected chi connectivity index (χ4v) is 1.73. The van der Waals surface area contributed by atoms with Gasteiger partial charge in [0.25, 0.3) is 0 Å². The maximum Gasteiger partial charge on any atom is 0.151 e. The molecule has 0 aliphatic heterocycles. The number of pyridine rings is 1. The fourth-order valence-electron chi connectivity index (χ4n) is 1.73. The van der Waals surface area contributed by atoms with Crippen molar-refractivity contribution in [2.45, 2.75) is 19.8 Å². The number of nitrogens with zero attached hydrogens (tertiary/aromatic N) is 2. The molecule has 0 bridgehead atoms. The van der Waals surface area contributed by atoms with Gasteiger partial charge in [-0.3, -0.25) is 4.98 Å². The van der Waals surface area contributed by atoms with Crippen molar-refractivity contribution in [1.29, 1.82) is 5.26 Å². The van der Waals surface area contributed by atoms with Gasteiger partial charge in [-0.05, 0) is 17.5 Å². The Morgan fingerprint density at radius 1 is 1.22 bits per heavy atom. The molecule has 1 heterocycles. The lowest BCUT2D eigenvalue weighted by atomic mass is 10.0. The van der Waals surface area contributed by atoms with Gasteiger partial charge >= 0.3 is 0 Å². The number of aromatic nitrogens is 1. The molecule has 3 nitrogen and oxygen atoms in total. The van der Waals surface area contributed by atoms with Crippen LogP contribution in [0, 0.1) is 11.3 Å². The van der Waals surface area contributed by atoms with Crippen LogP contribution in [-0.2, 0) is 0 Å². The summed E-state index contributed by atoms with van der Waals surface area (Å²) in [6.45, 7) is 4.28. The third-order valence-electron chi connectivity index (χ3n) is 2.88. The molecule has 2 rings (SSSR count). The molecule has 0 amide bonds. The lowest BCUT2D eigenvalue weighted by Crippen LogP contribution is -1.89. The summed E-state index contributed by atoms with van der Waals surface area (Å²) < 4.78 is 0. The third kappa shape index (κ3) is 2.33. The van der Waals surface area contributed by atoms with Crippen LogP contribution in [0.4, 0.5) is 0 Å². The molecule has 0 aliphatic rings. The van der Waals surface area contributed by atoms with Crippen molar-refractivity contribution in [3.8, 4) is 23.1 Å². The maximum absolute atomic E-state index is 9.41. The largest absolute Gasteiger partial charge is 0.505 e. The first kappa shape index (κ1) is 12.1. The van der Waals surface area contributed by atoms with Crippen molar-refractivity contribution < 1.29 is 5.11 Å². The summed E-state index contributed by atoms with van der Waals surface area (Å²) in [7, 11) is 0. The first-order chi connectivity index (χ1) is 8.61. The van der Waals surface area contributed by atoms with Gasteiger partial charge in [0.15, 0.2) is 5.75 Å². The molecule has 0 spiro atoms. The first-order valence-electron chi connectivity index (χ1n) is 5.81. The molecular weight excluding hydrogens is 224 g/mol. The van der Waals surface area contributed by atoms with Gasteiger partial charge in [0.1, 0.15) is 6.07 Å². The number of rotatable bonds is 2. The van der Waals surface area contributed by atoms with Gasteiger partial charge < -0.3 is 5.11 Å². The van der Waals surface area contributed by atoms with E-state index < -0.39 is 0 Å². The predicted molar refractivity (Wildman–Crippen MR) is 70.1 cm³/mol. The van der Waals surface area contributed by atoms with E-state index in [9.17, 15) is 5.11 Å². The van der Waals surface area contributed by atoms with Crippen LogP contribution >= 0.6 is 0 Å². The van der Waals surface area contributed by atoms with Crippen LogP contribution in [0.15, 0.2) is 36.5 Å². The number of benzene rings is 1. The van der Waals surface area contributed by atoms with Crippen LogP contribution in [-0.4, -0.2) is 10.1 Å². The Morgan fingerprint density at radius 3 is 2.44 bits per heavy atom. The highest BCUT2D eigenvalue weighted by molar-refractivity contribution is 5.62. The average molecular weight is 238 g/mol. The fraction of sp³-hybridized carbons (Fsp3) is 0.200. The molecule has 0 atom stereocenters. The van der Waals surface area contributed by atoms with Crippen molar-refractivity contribution in [2.75, 3.05) is 0 Å². The number of hydrogen-bond donors (Lipinski definition) is 1. The van der Waals surface area contributed by atoms with Gasteiger partial charge in [0, 0.05) is 5.56 Å². The Hall–Kier alpha value is -2.34. The highest BCUT2D eigenvalue weighted by Gasteiger charge is 2.06. The Morgan fingerprint density at radius 2 is 1.89 bits per heavy atom. The van der Waals surface area contributed by atoms with E-state index >= 15 is 0 Å². The van der Waals surface area contributed by atoms with E-state index in [0.29, 0.717) is 11.6 Å². The van der Waals surface area contributed by atoms with Crippen molar-refractivity contribution >= 4 is 0 Å². The number of hydrogen-bond acceptors (Lipinski definition) is 3. The van der Waals surface area contributed by atoms with Gasteiger partial charge in [-0.15, -0.1) is 0 Å². The monoisotopic (exact) mass is 238 g/mol. The smallest absolute Gasteiger partial charge is 0.151 e. The van der Waals surface area contributed by atoms with Crippen LogP contribution in [0.5, 0.6) is 5.75 Å². The summed E-state index contributed by atoms with van der Waals surface area (Å²) >= 11 is 0. The van der Waals surface area contributed by atoms with Gasteiger partial charge in [-0.2, -0.15) is 5.26 Å². The van der Waals surface area contributed by atoms with Gasteiger partial charge in [-0.25, -0.2) is 0 Å². The van der Waals surface area contributed by atoms with E-state index in [0.717, 1.165) is 5.56 Å². The summed E-state index contributed by atoms with van der Waals surface area (Å²) in [5.74, 6) is 0.404. The number of aromatic hydroxyl groups is 1. The van der Waals surface area contributed by atoms with E-state index in [1.807, 2.05) is 18.2 Å². The second-order valence-corrected chi connectivity index (χ2v) is 4.48. The topological polar surface area (TPSA) is 56.9 Å². The minimum absolute atomic E-state index is 0.0833. The van der Waals surface area contributed by atoms with Crippen LogP contribution in [0.3, 0.4) is 0 Å². The molecule has 1 aromatic heterocycles. The molecule has 18 heavy (non-hydrogen) atoms. The molecule has 0 saturated carbocycles. The molecule has 1 N–H and O–H groups in total. The SMILES string of the molecule is CC(C)c1ccc(-c2cc(C#N)c(O)cn2)cc1.